The number of hydrogen-bond donors (Lipinski definition) is 2. The Morgan fingerprint density at radius 2 is 2.12 bits per heavy atom. The Balaban J connectivity index is 3.27. The van der Waals surface area contributed by atoms with Crippen LogP contribution in [0.2, 0.25) is 0 Å². The summed E-state index contributed by atoms with van der Waals surface area (Å²) in [5.74, 6) is -0.747. The van der Waals surface area contributed by atoms with Crippen LogP contribution in [0, 0.1) is 12.8 Å². The molecule has 0 bridgehead atoms. The number of carbonyl (C=O) groups excluding carboxylic acids is 1. The number of carbonyl (C=O) groups is 1. The third-order valence-corrected chi connectivity index (χ3v) is 2.63. The van der Waals surface area contributed by atoms with E-state index in [4.69, 9.17) is 10.2 Å². The molecule has 1 aromatic heterocycles. The van der Waals surface area contributed by atoms with Crippen LogP contribution in [0.5, 0.6) is 5.75 Å². The van der Waals surface area contributed by atoms with Crippen molar-refractivity contribution in [2.24, 2.45) is 11.7 Å². The molecule has 0 aliphatic rings. The summed E-state index contributed by atoms with van der Waals surface area (Å²) < 4.78 is 5.36. The molecule has 0 radical (unpaired) electrons. The maximum absolute atomic E-state index is 11.4. The first-order chi connectivity index (χ1) is 7.82. The minimum atomic E-state index is -0.501. The van der Waals surface area contributed by atoms with Gasteiger partial charge < -0.3 is 15.3 Å². The predicted molar refractivity (Wildman–Crippen MR) is 62.8 cm³/mol. The van der Waals surface area contributed by atoms with Crippen molar-refractivity contribution in [3.8, 4) is 5.75 Å². The molecule has 1 amide bonds. The Kier molecular flexibility index (Phi) is 3.93. The van der Waals surface area contributed by atoms with Crippen molar-refractivity contribution in [3.63, 3.8) is 0 Å². The van der Waals surface area contributed by atoms with Crippen molar-refractivity contribution in [1.82, 2.24) is 0 Å². The highest BCUT2D eigenvalue weighted by atomic mass is 16.4. The number of amides is 1. The van der Waals surface area contributed by atoms with Crippen molar-refractivity contribution < 1.29 is 14.3 Å². The van der Waals surface area contributed by atoms with Gasteiger partial charge in [-0.2, -0.15) is 0 Å². The lowest BCUT2D eigenvalue weighted by atomic mass is 9.89. The van der Waals surface area contributed by atoms with E-state index in [2.05, 4.69) is 0 Å². The highest BCUT2D eigenvalue weighted by Crippen LogP contribution is 2.32. The number of primary amides is 1. The number of rotatable bonds is 4. The zero-order valence-electron chi connectivity index (χ0n) is 10.2. The average molecular weight is 239 g/mol. The molecule has 3 N–H and O–H groups in total. The number of hydrogen-bond acceptors (Lipinski definition) is 4. The van der Waals surface area contributed by atoms with Crippen LogP contribution in [-0.2, 0) is 4.79 Å². The van der Waals surface area contributed by atoms with Crippen molar-refractivity contribution in [2.75, 3.05) is 0 Å². The van der Waals surface area contributed by atoms with Crippen molar-refractivity contribution in [1.29, 1.82) is 0 Å². The van der Waals surface area contributed by atoms with Crippen molar-refractivity contribution in [2.45, 2.75) is 33.1 Å². The molecular formula is C12H17NO4. The fourth-order valence-corrected chi connectivity index (χ4v) is 1.72. The van der Waals surface area contributed by atoms with Gasteiger partial charge in [0.2, 0.25) is 17.1 Å². The zero-order chi connectivity index (χ0) is 13.2. The summed E-state index contributed by atoms with van der Waals surface area (Å²) in [4.78, 5) is 22.4. The van der Waals surface area contributed by atoms with Gasteiger partial charge in [-0.1, -0.05) is 13.8 Å². The third-order valence-electron chi connectivity index (χ3n) is 2.63. The van der Waals surface area contributed by atoms with Gasteiger partial charge >= 0.3 is 0 Å². The summed E-state index contributed by atoms with van der Waals surface area (Å²) in [7, 11) is 0. The van der Waals surface area contributed by atoms with E-state index < -0.39 is 17.1 Å². The Morgan fingerprint density at radius 3 is 2.59 bits per heavy atom. The summed E-state index contributed by atoms with van der Waals surface area (Å²) >= 11 is 0. The summed E-state index contributed by atoms with van der Waals surface area (Å²) in [6.45, 7) is 5.36. The molecule has 1 heterocycles. The maximum atomic E-state index is 11.4. The molecule has 0 saturated carbocycles. The molecule has 94 valence electrons. The summed E-state index contributed by atoms with van der Waals surface area (Å²) in [6.07, 6.45) is 0.0393. The Labute approximate surface area is 99.2 Å². The van der Waals surface area contributed by atoms with Gasteiger partial charge in [0, 0.05) is 18.4 Å². The number of aromatic hydroxyl groups is 1. The topological polar surface area (TPSA) is 93.5 Å². The SMILES string of the molecule is Cc1cc(=O)c(O)c(C(CC(N)=O)C(C)C)o1. The van der Waals surface area contributed by atoms with E-state index in [-0.39, 0.29) is 24.0 Å². The van der Waals surface area contributed by atoms with Gasteiger partial charge in [0.05, 0.1) is 0 Å². The van der Waals surface area contributed by atoms with Gasteiger partial charge in [0.1, 0.15) is 5.76 Å². The molecular weight excluding hydrogens is 222 g/mol. The average Bonchev–Trinajstić information content (AvgIpc) is 2.19. The molecule has 1 rings (SSSR count). The number of nitrogens with two attached hydrogens (primary N) is 1. The lowest BCUT2D eigenvalue weighted by Gasteiger charge is -2.19. The molecule has 1 aromatic rings. The predicted octanol–water partition coefficient (Wildman–Crippen LogP) is 1.27. The van der Waals surface area contributed by atoms with E-state index >= 15 is 0 Å². The smallest absolute Gasteiger partial charge is 0.227 e. The standard InChI is InChI=1S/C12H17NO4/c1-6(2)8(5-10(13)15)12-11(16)9(14)4-7(3)17-12/h4,6,8,16H,5H2,1-3H3,(H2,13,15). The van der Waals surface area contributed by atoms with Gasteiger partial charge in [0.15, 0.2) is 5.76 Å². The van der Waals surface area contributed by atoms with Crippen LogP contribution >= 0.6 is 0 Å². The van der Waals surface area contributed by atoms with E-state index in [0.717, 1.165) is 0 Å². The van der Waals surface area contributed by atoms with Gasteiger partial charge in [-0.3, -0.25) is 9.59 Å². The third kappa shape index (κ3) is 3.09. The van der Waals surface area contributed by atoms with Crippen LogP contribution in [0.3, 0.4) is 0 Å². The van der Waals surface area contributed by atoms with E-state index in [9.17, 15) is 14.7 Å². The second-order valence-electron chi connectivity index (χ2n) is 4.46. The van der Waals surface area contributed by atoms with Crippen LogP contribution in [0.25, 0.3) is 0 Å². The number of aryl methyl sites for hydroxylation is 1. The molecule has 5 nitrogen and oxygen atoms in total. The zero-order valence-corrected chi connectivity index (χ0v) is 10.2. The molecule has 0 aromatic carbocycles. The van der Waals surface area contributed by atoms with Gasteiger partial charge in [-0.25, -0.2) is 0 Å². The molecule has 1 atom stereocenters. The molecule has 0 spiro atoms. The highest BCUT2D eigenvalue weighted by molar-refractivity contribution is 5.74. The van der Waals surface area contributed by atoms with Crippen molar-refractivity contribution >= 4 is 5.91 Å². The molecule has 17 heavy (non-hydrogen) atoms. The fourth-order valence-electron chi connectivity index (χ4n) is 1.72. The molecule has 5 heteroatoms. The van der Waals surface area contributed by atoms with Gasteiger partial charge in [-0.05, 0) is 12.8 Å². The first kappa shape index (κ1) is 13.3. The molecule has 0 fully saturated rings. The van der Waals surface area contributed by atoms with Crippen LogP contribution in [0.1, 0.15) is 37.7 Å². The van der Waals surface area contributed by atoms with Gasteiger partial charge in [-0.15, -0.1) is 0 Å². The molecule has 0 aliphatic heterocycles. The molecule has 1 unspecified atom stereocenters. The van der Waals surface area contributed by atoms with Crippen LogP contribution in [-0.4, -0.2) is 11.0 Å². The summed E-state index contributed by atoms with van der Waals surface area (Å²) in [6, 6.07) is 1.21. The minimum absolute atomic E-state index is 0.0262. The quantitative estimate of drug-likeness (QED) is 0.827. The monoisotopic (exact) mass is 239 g/mol. The largest absolute Gasteiger partial charge is 0.502 e. The summed E-state index contributed by atoms with van der Waals surface area (Å²) in [5, 5.41) is 9.70. The minimum Gasteiger partial charge on any atom is -0.502 e. The Hall–Kier alpha value is -1.78. The van der Waals surface area contributed by atoms with Gasteiger partial charge in [0.25, 0.3) is 0 Å². The Bertz CT molecular complexity index is 476. The highest BCUT2D eigenvalue weighted by Gasteiger charge is 2.25. The van der Waals surface area contributed by atoms with Crippen LogP contribution < -0.4 is 11.2 Å². The second-order valence-corrected chi connectivity index (χ2v) is 4.46. The fraction of sp³-hybridized carbons (Fsp3) is 0.500. The lowest BCUT2D eigenvalue weighted by Crippen LogP contribution is -2.20. The van der Waals surface area contributed by atoms with Crippen LogP contribution in [0.4, 0.5) is 0 Å². The van der Waals surface area contributed by atoms with E-state index in [1.807, 2.05) is 13.8 Å². The first-order valence-corrected chi connectivity index (χ1v) is 5.44. The second kappa shape index (κ2) is 5.03. The lowest BCUT2D eigenvalue weighted by molar-refractivity contribution is -0.118. The van der Waals surface area contributed by atoms with E-state index in [1.165, 1.54) is 6.07 Å². The van der Waals surface area contributed by atoms with Crippen LogP contribution in [0.15, 0.2) is 15.3 Å². The van der Waals surface area contributed by atoms with E-state index in [1.54, 1.807) is 6.92 Å². The maximum Gasteiger partial charge on any atom is 0.227 e. The molecule has 0 saturated heterocycles. The van der Waals surface area contributed by atoms with Crippen molar-refractivity contribution in [3.05, 3.63) is 27.8 Å². The van der Waals surface area contributed by atoms with E-state index in [0.29, 0.717) is 5.76 Å². The Morgan fingerprint density at radius 1 is 1.53 bits per heavy atom. The summed E-state index contributed by atoms with van der Waals surface area (Å²) in [5.41, 5.74) is 4.65. The first-order valence-electron chi connectivity index (χ1n) is 5.44. The molecule has 0 aliphatic carbocycles. The normalized spacial score (nSPS) is 12.7.